The highest BCUT2D eigenvalue weighted by Crippen LogP contribution is 2.43. The van der Waals surface area contributed by atoms with Gasteiger partial charge in [0, 0.05) is 19.4 Å². The molecule has 0 heterocycles. The standard InChI is InChI=1S/C46H74NO8P/c1-4-6-8-10-12-14-16-18-20-21-22-23-25-27-29-31-33-35-37-39-46(49)55-44(43-54-56(50,51)53-41-40-47-3)42-52-45(48)38-36-34-32-30-28-26-24-19-17-15-13-11-9-7-5-2/h6-9,12-15,18-20,22-24,27,29,33,35,44,47H,4-5,10-11,16-17,21,25-26,28,30-32,34,36-43H2,1-3H3,(H,50,51)/b8-6-,9-7-,14-12-,15-13-,20-18-,23-22-,24-19-,29-27-,35-33-. The Hall–Kier alpha value is -3.33. The van der Waals surface area contributed by atoms with Crippen molar-refractivity contribution in [1.29, 1.82) is 0 Å². The Labute approximate surface area is 340 Å². The minimum Gasteiger partial charge on any atom is -0.462 e. The predicted molar refractivity (Wildman–Crippen MR) is 233 cm³/mol. The van der Waals surface area contributed by atoms with E-state index in [2.05, 4.69) is 116 Å². The highest BCUT2D eigenvalue weighted by Gasteiger charge is 2.26. The summed E-state index contributed by atoms with van der Waals surface area (Å²) >= 11 is 0. The lowest BCUT2D eigenvalue weighted by molar-refractivity contribution is -0.161. The largest absolute Gasteiger partial charge is 0.472 e. The first kappa shape index (κ1) is 52.7. The van der Waals surface area contributed by atoms with Crippen molar-refractivity contribution in [1.82, 2.24) is 5.32 Å². The van der Waals surface area contributed by atoms with Crippen molar-refractivity contribution in [3.63, 3.8) is 0 Å². The molecule has 316 valence electrons. The molecule has 2 unspecified atom stereocenters. The van der Waals surface area contributed by atoms with E-state index in [0.717, 1.165) is 89.9 Å². The number of carbonyl (C=O) groups is 2. The highest BCUT2D eigenvalue weighted by atomic mass is 31.2. The minimum absolute atomic E-state index is 0.0403. The molecule has 0 amide bonds. The summed E-state index contributed by atoms with van der Waals surface area (Å²) in [6.45, 7) is 3.85. The normalized spacial score (nSPS) is 14.4. The number of allylic oxidation sites excluding steroid dienone is 18. The molecule has 2 atom stereocenters. The number of phosphoric acid groups is 1. The summed E-state index contributed by atoms with van der Waals surface area (Å²) in [6.07, 6.45) is 52.9. The van der Waals surface area contributed by atoms with Crippen LogP contribution in [0.25, 0.3) is 0 Å². The molecular formula is C46H74NO8P. The van der Waals surface area contributed by atoms with Crippen LogP contribution in [-0.2, 0) is 32.7 Å². The van der Waals surface area contributed by atoms with Gasteiger partial charge in [0.05, 0.1) is 13.2 Å². The van der Waals surface area contributed by atoms with Crippen LogP contribution in [0.2, 0.25) is 0 Å². The van der Waals surface area contributed by atoms with Gasteiger partial charge in [-0.05, 0) is 90.5 Å². The molecule has 9 nitrogen and oxygen atoms in total. The molecule has 0 spiro atoms. The van der Waals surface area contributed by atoms with Crippen molar-refractivity contribution in [3.05, 3.63) is 109 Å². The summed E-state index contributed by atoms with van der Waals surface area (Å²) < 4.78 is 33.0. The topological polar surface area (TPSA) is 120 Å². The number of likely N-dealkylation sites (N-methyl/N-ethyl adjacent to an activating group) is 1. The van der Waals surface area contributed by atoms with Gasteiger partial charge < -0.3 is 19.7 Å². The van der Waals surface area contributed by atoms with Crippen molar-refractivity contribution < 1.29 is 37.6 Å². The van der Waals surface area contributed by atoms with Crippen LogP contribution in [0.1, 0.15) is 129 Å². The fourth-order valence-corrected chi connectivity index (χ4v) is 5.58. The lowest BCUT2D eigenvalue weighted by Gasteiger charge is -2.19. The first-order valence-electron chi connectivity index (χ1n) is 20.8. The lowest BCUT2D eigenvalue weighted by Crippen LogP contribution is -2.29. The number of hydrogen-bond acceptors (Lipinski definition) is 8. The molecule has 0 aromatic heterocycles. The Morgan fingerprint density at radius 3 is 1.50 bits per heavy atom. The van der Waals surface area contributed by atoms with Crippen LogP contribution in [0.15, 0.2) is 109 Å². The molecule has 0 radical (unpaired) electrons. The third-order valence-electron chi connectivity index (χ3n) is 7.90. The van der Waals surface area contributed by atoms with Gasteiger partial charge in [0.15, 0.2) is 6.10 Å². The molecule has 0 rings (SSSR count). The van der Waals surface area contributed by atoms with E-state index in [1.807, 2.05) is 12.2 Å². The summed E-state index contributed by atoms with van der Waals surface area (Å²) in [5.41, 5.74) is 0. The van der Waals surface area contributed by atoms with Crippen molar-refractivity contribution in [3.8, 4) is 0 Å². The molecule has 0 saturated heterocycles. The Morgan fingerprint density at radius 1 is 0.554 bits per heavy atom. The van der Waals surface area contributed by atoms with Crippen LogP contribution < -0.4 is 5.32 Å². The molecule has 0 fully saturated rings. The van der Waals surface area contributed by atoms with E-state index in [1.54, 1.807) is 7.05 Å². The summed E-state index contributed by atoms with van der Waals surface area (Å²) in [4.78, 5) is 35.0. The van der Waals surface area contributed by atoms with Crippen molar-refractivity contribution in [2.45, 2.75) is 136 Å². The number of hydrogen-bond donors (Lipinski definition) is 2. The van der Waals surface area contributed by atoms with E-state index < -0.39 is 32.5 Å². The molecule has 0 aliphatic rings. The van der Waals surface area contributed by atoms with Gasteiger partial charge in [0.2, 0.25) is 0 Å². The summed E-state index contributed by atoms with van der Waals surface area (Å²) in [7, 11) is -2.70. The van der Waals surface area contributed by atoms with Gasteiger partial charge in [-0.3, -0.25) is 18.6 Å². The fourth-order valence-electron chi connectivity index (χ4n) is 4.83. The molecular weight excluding hydrogens is 725 g/mol. The zero-order valence-electron chi connectivity index (χ0n) is 34.8. The first-order valence-corrected chi connectivity index (χ1v) is 22.3. The van der Waals surface area contributed by atoms with E-state index >= 15 is 0 Å². The van der Waals surface area contributed by atoms with Crippen LogP contribution in [0.4, 0.5) is 0 Å². The highest BCUT2D eigenvalue weighted by molar-refractivity contribution is 7.47. The molecule has 10 heteroatoms. The Bertz CT molecular complexity index is 1280. The average molecular weight is 800 g/mol. The summed E-state index contributed by atoms with van der Waals surface area (Å²) in [6, 6.07) is 0. The van der Waals surface area contributed by atoms with Gasteiger partial charge in [-0.15, -0.1) is 0 Å². The number of nitrogens with one attached hydrogen (secondary N) is 1. The number of unbranched alkanes of at least 4 members (excludes halogenated alkanes) is 5. The second-order valence-electron chi connectivity index (χ2n) is 13.1. The zero-order valence-corrected chi connectivity index (χ0v) is 35.7. The maximum Gasteiger partial charge on any atom is 0.472 e. The molecule has 0 bridgehead atoms. The maximum absolute atomic E-state index is 12.6. The monoisotopic (exact) mass is 800 g/mol. The second-order valence-corrected chi connectivity index (χ2v) is 14.5. The van der Waals surface area contributed by atoms with Crippen LogP contribution in [0.5, 0.6) is 0 Å². The number of carbonyl (C=O) groups excluding carboxylic acids is 2. The lowest BCUT2D eigenvalue weighted by atomic mass is 10.1. The number of ether oxygens (including phenoxy) is 2. The maximum atomic E-state index is 12.6. The van der Waals surface area contributed by atoms with E-state index in [0.29, 0.717) is 19.4 Å². The number of esters is 2. The smallest absolute Gasteiger partial charge is 0.462 e. The molecule has 0 aliphatic carbocycles. The van der Waals surface area contributed by atoms with E-state index in [-0.39, 0.29) is 26.1 Å². The molecule has 0 saturated carbocycles. The fraction of sp³-hybridized carbons (Fsp3) is 0.565. The van der Waals surface area contributed by atoms with Gasteiger partial charge in [-0.2, -0.15) is 0 Å². The molecule has 0 aromatic rings. The van der Waals surface area contributed by atoms with Crippen LogP contribution in [0.3, 0.4) is 0 Å². The molecule has 0 aromatic carbocycles. The van der Waals surface area contributed by atoms with E-state index in [4.69, 9.17) is 18.5 Å². The van der Waals surface area contributed by atoms with Gasteiger partial charge in [-0.25, -0.2) is 4.57 Å². The van der Waals surface area contributed by atoms with E-state index in [9.17, 15) is 19.0 Å². The van der Waals surface area contributed by atoms with Crippen LogP contribution >= 0.6 is 7.82 Å². The first-order chi connectivity index (χ1) is 27.3. The minimum atomic E-state index is -4.38. The summed E-state index contributed by atoms with van der Waals surface area (Å²) in [5, 5.41) is 2.81. The second kappa shape index (κ2) is 41.3. The third kappa shape index (κ3) is 40.3. The Balaban J connectivity index is 4.43. The predicted octanol–water partition coefficient (Wildman–Crippen LogP) is 11.9. The zero-order chi connectivity index (χ0) is 41.1. The quantitative estimate of drug-likeness (QED) is 0.0274. The van der Waals surface area contributed by atoms with E-state index in [1.165, 1.54) is 0 Å². The Kier molecular flexibility index (Phi) is 38.9. The molecule has 2 N–H and O–H groups in total. The molecule has 56 heavy (non-hydrogen) atoms. The molecule has 0 aliphatic heterocycles. The van der Waals surface area contributed by atoms with Crippen LogP contribution in [-0.4, -0.2) is 56.3 Å². The number of phosphoric ester groups is 1. The van der Waals surface area contributed by atoms with Gasteiger partial charge >= 0.3 is 19.8 Å². The summed E-state index contributed by atoms with van der Waals surface area (Å²) in [5.74, 6) is -0.938. The SMILES string of the molecule is CC/C=C\C/C=C\C/C=C\C/C=C\C/C=C\C/C=C\CCC(=O)OC(COC(=O)CCCCCCC/C=C\C/C=C\C/C=C\CC)COP(=O)(O)OCCNC. The van der Waals surface area contributed by atoms with Gasteiger partial charge in [0.1, 0.15) is 6.61 Å². The van der Waals surface area contributed by atoms with Gasteiger partial charge in [0.25, 0.3) is 0 Å². The third-order valence-corrected chi connectivity index (χ3v) is 8.89. The van der Waals surface area contributed by atoms with Crippen LogP contribution in [0, 0.1) is 0 Å². The Morgan fingerprint density at radius 2 is 1.00 bits per heavy atom. The van der Waals surface area contributed by atoms with Crippen molar-refractivity contribution in [2.75, 3.05) is 33.4 Å². The van der Waals surface area contributed by atoms with Crippen molar-refractivity contribution >= 4 is 19.8 Å². The van der Waals surface area contributed by atoms with Gasteiger partial charge in [-0.1, -0.05) is 142 Å². The van der Waals surface area contributed by atoms with Crippen molar-refractivity contribution in [2.24, 2.45) is 0 Å². The number of rotatable bonds is 37. The average Bonchev–Trinajstić information content (AvgIpc) is 3.18.